The first-order valence-electron chi connectivity index (χ1n) is 8.41. The normalized spacial score (nSPS) is 10.7. The summed E-state index contributed by atoms with van der Waals surface area (Å²) in [6.07, 6.45) is 15.2. The molecule has 0 heterocycles. The van der Waals surface area contributed by atoms with Gasteiger partial charge in [-0.3, -0.25) is 0 Å². The molecule has 0 aromatic heterocycles. The van der Waals surface area contributed by atoms with E-state index in [0.29, 0.717) is 0 Å². The van der Waals surface area contributed by atoms with Crippen molar-refractivity contribution in [3.05, 3.63) is 35.4 Å². The molecule has 0 unspecified atom stereocenters. The number of hydrogen-bond acceptors (Lipinski definition) is 1. The van der Waals surface area contributed by atoms with Crippen molar-refractivity contribution < 1.29 is 0 Å². The minimum Gasteiger partial charge on any atom is -0.0881 e. The van der Waals surface area contributed by atoms with E-state index in [-0.39, 0.29) is 0 Å². The van der Waals surface area contributed by atoms with E-state index in [1.807, 2.05) is 0 Å². The smallest absolute Gasteiger partial charge is 0.00862 e. The van der Waals surface area contributed by atoms with E-state index >= 15 is 0 Å². The SMILES string of the molecule is CCCCCCCCCCCCc1cccc(C=S)c1. The summed E-state index contributed by atoms with van der Waals surface area (Å²) in [5.41, 5.74) is 2.60. The molecule has 0 saturated carbocycles. The van der Waals surface area contributed by atoms with E-state index in [1.165, 1.54) is 81.8 Å². The third-order valence-corrected chi connectivity index (χ3v) is 4.18. The van der Waals surface area contributed by atoms with Gasteiger partial charge in [-0.2, -0.15) is 0 Å². The predicted octanol–water partition coefficient (Wildman–Crippen LogP) is 6.50. The summed E-state index contributed by atoms with van der Waals surface area (Å²) >= 11 is 4.97. The van der Waals surface area contributed by atoms with Crippen molar-refractivity contribution in [1.29, 1.82) is 0 Å². The fourth-order valence-electron chi connectivity index (χ4n) is 2.64. The molecule has 0 fully saturated rings. The Balaban J connectivity index is 1.95. The van der Waals surface area contributed by atoms with E-state index < -0.39 is 0 Å². The van der Waals surface area contributed by atoms with Crippen LogP contribution in [0.3, 0.4) is 0 Å². The molecule has 20 heavy (non-hydrogen) atoms. The maximum Gasteiger partial charge on any atom is 0.00862 e. The summed E-state index contributed by atoms with van der Waals surface area (Å²) in [4.78, 5) is 0. The molecular weight excluding hydrogens is 260 g/mol. The lowest BCUT2D eigenvalue weighted by Crippen LogP contribution is -1.88. The highest BCUT2D eigenvalue weighted by Gasteiger charge is 1.96. The van der Waals surface area contributed by atoms with E-state index in [1.54, 1.807) is 5.37 Å². The topological polar surface area (TPSA) is 0 Å². The minimum atomic E-state index is 1.17. The molecule has 0 N–H and O–H groups in total. The number of rotatable bonds is 12. The summed E-state index contributed by atoms with van der Waals surface area (Å²) in [6.45, 7) is 2.28. The quantitative estimate of drug-likeness (QED) is 0.313. The van der Waals surface area contributed by atoms with Crippen LogP contribution in [0.25, 0.3) is 0 Å². The van der Waals surface area contributed by atoms with Gasteiger partial charge in [-0.15, -0.1) is 0 Å². The second-order valence-corrected chi connectivity index (χ2v) is 6.03. The molecule has 0 bridgehead atoms. The molecular formula is C19H30S. The van der Waals surface area contributed by atoms with Crippen LogP contribution >= 0.6 is 12.2 Å². The average Bonchev–Trinajstić information content (AvgIpc) is 2.49. The highest BCUT2D eigenvalue weighted by atomic mass is 32.1. The van der Waals surface area contributed by atoms with Crippen molar-refractivity contribution in [3.63, 3.8) is 0 Å². The van der Waals surface area contributed by atoms with E-state index in [9.17, 15) is 0 Å². The summed E-state index contributed by atoms with van der Waals surface area (Å²) in [5, 5.41) is 1.77. The van der Waals surface area contributed by atoms with Gasteiger partial charge in [0.15, 0.2) is 0 Å². The number of hydrogen-bond donors (Lipinski definition) is 0. The monoisotopic (exact) mass is 290 g/mol. The van der Waals surface area contributed by atoms with Crippen LogP contribution in [0.15, 0.2) is 24.3 Å². The summed E-state index contributed by atoms with van der Waals surface area (Å²) < 4.78 is 0. The molecule has 1 rings (SSSR count). The first-order chi connectivity index (χ1) is 9.86. The maximum absolute atomic E-state index is 4.97. The minimum absolute atomic E-state index is 1.17. The van der Waals surface area contributed by atoms with Crippen molar-refractivity contribution in [3.8, 4) is 0 Å². The van der Waals surface area contributed by atoms with Crippen LogP contribution in [0.4, 0.5) is 0 Å². The van der Waals surface area contributed by atoms with Crippen LogP contribution in [-0.2, 0) is 6.42 Å². The number of thiocarbonyl (C=S) groups is 1. The van der Waals surface area contributed by atoms with Crippen LogP contribution in [-0.4, -0.2) is 5.37 Å². The largest absolute Gasteiger partial charge is 0.0881 e. The third-order valence-electron chi connectivity index (χ3n) is 3.91. The molecule has 0 atom stereocenters. The van der Waals surface area contributed by atoms with Crippen molar-refractivity contribution in [2.75, 3.05) is 0 Å². The van der Waals surface area contributed by atoms with Crippen molar-refractivity contribution in [2.45, 2.75) is 77.6 Å². The van der Waals surface area contributed by atoms with Gasteiger partial charge in [-0.25, -0.2) is 0 Å². The highest BCUT2D eigenvalue weighted by molar-refractivity contribution is 7.79. The Labute approximate surface area is 131 Å². The molecule has 112 valence electrons. The van der Waals surface area contributed by atoms with Gasteiger partial charge in [0, 0.05) is 5.37 Å². The van der Waals surface area contributed by atoms with Gasteiger partial charge in [0.05, 0.1) is 0 Å². The van der Waals surface area contributed by atoms with Crippen LogP contribution in [0.5, 0.6) is 0 Å². The van der Waals surface area contributed by atoms with Crippen LogP contribution in [0, 0.1) is 0 Å². The summed E-state index contributed by atoms with van der Waals surface area (Å²) in [5.74, 6) is 0. The fourth-order valence-corrected chi connectivity index (χ4v) is 2.79. The van der Waals surface area contributed by atoms with Crippen molar-refractivity contribution in [2.24, 2.45) is 0 Å². The zero-order valence-corrected chi connectivity index (χ0v) is 13.9. The lowest BCUT2D eigenvalue weighted by Gasteiger charge is -2.04. The van der Waals surface area contributed by atoms with Gasteiger partial charge < -0.3 is 0 Å². The zero-order valence-electron chi connectivity index (χ0n) is 13.1. The number of aryl methyl sites for hydroxylation is 1. The van der Waals surface area contributed by atoms with Gasteiger partial charge in [-0.05, 0) is 24.0 Å². The molecule has 1 aromatic rings. The number of unbranched alkanes of at least 4 members (excludes halogenated alkanes) is 9. The summed E-state index contributed by atoms with van der Waals surface area (Å²) in [6, 6.07) is 8.63. The third kappa shape index (κ3) is 8.47. The summed E-state index contributed by atoms with van der Waals surface area (Å²) in [7, 11) is 0. The lowest BCUT2D eigenvalue weighted by molar-refractivity contribution is 0.556. The van der Waals surface area contributed by atoms with Crippen LogP contribution < -0.4 is 0 Å². The van der Waals surface area contributed by atoms with Gasteiger partial charge >= 0.3 is 0 Å². The Bertz CT molecular complexity index is 357. The molecule has 0 aliphatic rings. The van der Waals surface area contributed by atoms with Crippen LogP contribution in [0.1, 0.15) is 82.3 Å². The Morgan fingerprint density at radius 3 is 2.05 bits per heavy atom. The molecule has 0 spiro atoms. The molecule has 0 aliphatic carbocycles. The average molecular weight is 291 g/mol. The molecule has 0 amide bonds. The van der Waals surface area contributed by atoms with Crippen LogP contribution in [0.2, 0.25) is 0 Å². The first kappa shape index (κ1) is 17.4. The molecule has 0 saturated heterocycles. The van der Waals surface area contributed by atoms with E-state index in [4.69, 9.17) is 12.2 Å². The Morgan fingerprint density at radius 1 is 0.850 bits per heavy atom. The number of benzene rings is 1. The predicted molar refractivity (Wildman–Crippen MR) is 94.7 cm³/mol. The lowest BCUT2D eigenvalue weighted by atomic mass is 10.0. The van der Waals surface area contributed by atoms with Gasteiger partial charge in [0.2, 0.25) is 0 Å². The second kappa shape index (κ2) is 12.1. The maximum atomic E-state index is 4.97. The van der Waals surface area contributed by atoms with Gasteiger partial charge in [0.1, 0.15) is 0 Å². The van der Waals surface area contributed by atoms with Crippen molar-refractivity contribution in [1.82, 2.24) is 0 Å². The molecule has 0 nitrogen and oxygen atoms in total. The Hall–Kier alpha value is -0.690. The first-order valence-corrected chi connectivity index (χ1v) is 8.88. The Kier molecular flexibility index (Phi) is 10.5. The van der Waals surface area contributed by atoms with Crippen molar-refractivity contribution >= 4 is 17.6 Å². The highest BCUT2D eigenvalue weighted by Crippen LogP contribution is 2.13. The standard InChI is InChI=1S/C19H30S/c1-2-3-4-5-6-7-8-9-10-11-13-18-14-12-15-19(16-18)17-20/h12,14-17H,2-11,13H2,1H3. The van der Waals surface area contributed by atoms with Gasteiger partial charge in [-0.1, -0.05) is 101 Å². The fraction of sp³-hybridized carbons (Fsp3) is 0.632. The Morgan fingerprint density at radius 2 is 1.45 bits per heavy atom. The van der Waals surface area contributed by atoms with E-state index in [0.717, 1.165) is 0 Å². The molecule has 0 aliphatic heterocycles. The molecule has 1 heteroatoms. The van der Waals surface area contributed by atoms with E-state index in [2.05, 4.69) is 31.2 Å². The van der Waals surface area contributed by atoms with Gasteiger partial charge in [0.25, 0.3) is 0 Å². The zero-order chi connectivity index (χ0) is 14.5. The molecule has 1 aromatic carbocycles. The second-order valence-electron chi connectivity index (χ2n) is 5.79. The molecule has 0 radical (unpaired) electrons.